The Morgan fingerprint density at radius 2 is 2.15 bits per heavy atom. The molecule has 1 aliphatic rings. The summed E-state index contributed by atoms with van der Waals surface area (Å²) in [5.41, 5.74) is 1.20. The van der Waals surface area contributed by atoms with E-state index in [1.54, 1.807) is 0 Å². The van der Waals surface area contributed by atoms with E-state index in [4.69, 9.17) is 4.74 Å². The Hall–Kier alpha value is -0.390. The molecule has 0 spiro atoms. The molecule has 1 aromatic rings. The van der Waals surface area contributed by atoms with Crippen LogP contribution in [0.5, 0.6) is 0 Å². The van der Waals surface area contributed by atoms with Crippen molar-refractivity contribution in [3.63, 3.8) is 0 Å². The summed E-state index contributed by atoms with van der Waals surface area (Å²) in [7, 11) is 3.85. The lowest BCUT2D eigenvalue weighted by Gasteiger charge is -2.35. The molecule has 0 aliphatic heterocycles. The van der Waals surface area contributed by atoms with Gasteiger partial charge in [0.25, 0.3) is 0 Å². The number of halogens is 1. The van der Waals surface area contributed by atoms with Crippen LogP contribution in [0.3, 0.4) is 0 Å². The Kier molecular flexibility index (Phi) is 6.05. The van der Waals surface area contributed by atoms with Crippen molar-refractivity contribution < 1.29 is 4.74 Å². The quantitative estimate of drug-likeness (QED) is 0.858. The van der Waals surface area contributed by atoms with Gasteiger partial charge in [0.1, 0.15) is 0 Å². The summed E-state index contributed by atoms with van der Waals surface area (Å²) in [4.78, 5) is 0. The molecule has 4 nitrogen and oxygen atoms in total. The molecule has 1 fully saturated rings. The van der Waals surface area contributed by atoms with Gasteiger partial charge in [-0.25, -0.2) is 0 Å². The third-order valence-electron chi connectivity index (χ3n) is 4.45. The maximum Gasteiger partial charge on any atom is 0.0809 e. The number of hydrogen-bond acceptors (Lipinski definition) is 3. The van der Waals surface area contributed by atoms with Gasteiger partial charge >= 0.3 is 0 Å². The molecule has 0 saturated heterocycles. The number of aromatic nitrogens is 2. The van der Waals surface area contributed by atoms with E-state index >= 15 is 0 Å². The second-order valence-corrected chi connectivity index (χ2v) is 6.41. The van der Waals surface area contributed by atoms with Gasteiger partial charge in [0.05, 0.1) is 28.5 Å². The highest BCUT2D eigenvalue weighted by atomic mass is 79.9. The van der Waals surface area contributed by atoms with Crippen molar-refractivity contribution in [2.45, 2.75) is 57.7 Å². The van der Waals surface area contributed by atoms with Gasteiger partial charge in [0, 0.05) is 13.7 Å². The first-order valence-electron chi connectivity index (χ1n) is 7.64. The molecule has 1 N–H and O–H groups in total. The minimum atomic E-state index is 0.180. The van der Waals surface area contributed by atoms with E-state index in [0.717, 1.165) is 11.0 Å². The van der Waals surface area contributed by atoms with E-state index in [2.05, 4.69) is 38.0 Å². The summed E-state index contributed by atoms with van der Waals surface area (Å²) in [6, 6.07) is 0.180. The summed E-state index contributed by atoms with van der Waals surface area (Å²) in [5.74, 6) is 0.637. The van der Waals surface area contributed by atoms with Gasteiger partial charge < -0.3 is 10.1 Å². The van der Waals surface area contributed by atoms with Crippen LogP contribution in [0, 0.1) is 5.92 Å². The van der Waals surface area contributed by atoms with Crippen LogP contribution in [-0.2, 0) is 11.3 Å². The zero-order valence-electron chi connectivity index (χ0n) is 12.7. The van der Waals surface area contributed by atoms with Crippen molar-refractivity contribution in [2.24, 2.45) is 5.92 Å². The summed E-state index contributed by atoms with van der Waals surface area (Å²) in [6.45, 7) is 3.00. The molecule has 20 heavy (non-hydrogen) atoms. The average molecular weight is 344 g/mol. The van der Waals surface area contributed by atoms with Crippen LogP contribution in [-0.4, -0.2) is 30.0 Å². The van der Waals surface area contributed by atoms with Crippen molar-refractivity contribution in [1.29, 1.82) is 0 Å². The smallest absolute Gasteiger partial charge is 0.0809 e. The van der Waals surface area contributed by atoms with E-state index in [-0.39, 0.29) is 12.1 Å². The van der Waals surface area contributed by atoms with Crippen LogP contribution in [0.25, 0.3) is 0 Å². The van der Waals surface area contributed by atoms with Gasteiger partial charge in [-0.05, 0) is 48.7 Å². The maximum absolute atomic E-state index is 5.90. The average Bonchev–Trinajstić information content (AvgIpc) is 2.86. The standard InChI is InChI=1S/C15H26BrN3O/c1-4-19-14(12(16)10-18-19)13(17-2)15(20-3)11-8-6-5-7-9-11/h10-11,13,15,17H,4-9H2,1-3H3. The number of nitrogens with zero attached hydrogens (tertiary/aromatic N) is 2. The molecule has 1 saturated carbocycles. The van der Waals surface area contributed by atoms with Crippen molar-refractivity contribution in [2.75, 3.05) is 14.2 Å². The highest BCUT2D eigenvalue weighted by Crippen LogP contribution is 2.36. The molecule has 2 unspecified atom stereocenters. The van der Waals surface area contributed by atoms with Crippen LogP contribution in [0.1, 0.15) is 50.8 Å². The summed E-state index contributed by atoms with van der Waals surface area (Å²) in [5, 5.41) is 7.89. The molecule has 5 heteroatoms. The lowest BCUT2D eigenvalue weighted by molar-refractivity contribution is 0.00713. The molecule has 0 aromatic carbocycles. The molecule has 0 bridgehead atoms. The number of ether oxygens (including phenoxy) is 1. The third-order valence-corrected chi connectivity index (χ3v) is 5.06. The van der Waals surface area contributed by atoms with E-state index in [0.29, 0.717) is 5.92 Å². The van der Waals surface area contributed by atoms with Crippen LogP contribution in [0.2, 0.25) is 0 Å². The zero-order chi connectivity index (χ0) is 14.5. The van der Waals surface area contributed by atoms with Crippen LogP contribution in [0.15, 0.2) is 10.7 Å². The summed E-state index contributed by atoms with van der Waals surface area (Å²) >= 11 is 3.64. The van der Waals surface area contributed by atoms with Gasteiger partial charge in [-0.1, -0.05) is 19.3 Å². The predicted molar refractivity (Wildman–Crippen MR) is 84.8 cm³/mol. The van der Waals surface area contributed by atoms with Gasteiger partial charge in [0.2, 0.25) is 0 Å². The Balaban J connectivity index is 2.26. The minimum Gasteiger partial charge on any atom is -0.379 e. The lowest BCUT2D eigenvalue weighted by atomic mass is 9.82. The molecule has 1 heterocycles. The molecule has 1 aliphatic carbocycles. The fourth-order valence-electron chi connectivity index (χ4n) is 3.45. The van der Waals surface area contributed by atoms with Crippen LogP contribution < -0.4 is 5.32 Å². The van der Waals surface area contributed by atoms with Crippen molar-refractivity contribution in [3.05, 3.63) is 16.4 Å². The number of rotatable bonds is 6. The minimum absolute atomic E-state index is 0.180. The number of hydrogen-bond donors (Lipinski definition) is 1. The van der Waals surface area contributed by atoms with E-state index in [9.17, 15) is 0 Å². The van der Waals surface area contributed by atoms with Gasteiger partial charge in [-0.2, -0.15) is 5.10 Å². The number of aryl methyl sites for hydroxylation is 1. The Bertz CT molecular complexity index is 415. The van der Waals surface area contributed by atoms with Crippen molar-refractivity contribution >= 4 is 15.9 Å². The first-order valence-corrected chi connectivity index (χ1v) is 8.43. The fraction of sp³-hybridized carbons (Fsp3) is 0.800. The van der Waals surface area contributed by atoms with Crippen molar-refractivity contribution in [3.8, 4) is 0 Å². The van der Waals surface area contributed by atoms with Gasteiger partial charge in [-0.15, -0.1) is 0 Å². The highest BCUT2D eigenvalue weighted by Gasteiger charge is 2.33. The van der Waals surface area contributed by atoms with Crippen molar-refractivity contribution in [1.82, 2.24) is 15.1 Å². The Morgan fingerprint density at radius 1 is 1.45 bits per heavy atom. The zero-order valence-corrected chi connectivity index (χ0v) is 14.3. The Labute approximate surface area is 130 Å². The molecule has 0 amide bonds. The normalized spacial score (nSPS) is 20.0. The van der Waals surface area contributed by atoms with Crippen LogP contribution in [0.4, 0.5) is 0 Å². The molecule has 1 aromatic heterocycles. The van der Waals surface area contributed by atoms with E-state index in [1.807, 2.05) is 20.4 Å². The second kappa shape index (κ2) is 7.57. The molecule has 114 valence electrons. The molecular weight excluding hydrogens is 318 g/mol. The fourth-order valence-corrected chi connectivity index (χ4v) is 4.00. The monoisotopic (exact) mass is 343 g/mol. The van der Waals surface area contributed by atoms with E-state index < -0.39 is 0 Å². The summed E-state index contributed by atoms with van der Waals surface area (Å²) < 4.78 is 9.02. The summed E-state index contributed by atoms with van der Waals surface area (Å²) in [6.07, 6.45) is 8.66. The van der Waals surface area contributed by atoms with Gasteiger partial charge in [0.15, 0.2) is 0 Å². The molecule has 2 atom stereocenters. The SMILES string of the molecule is CCn1ncc(Br)c1C(NC)C(OC)C1CCCCC1. The number of nitrogens with one attached hydrogen (secondary N) is 1. The molecule has 2 rings (SSSR count). The van der Waals surface area contributed by atoms with Crippen LogP contribution >= 0.6 is 15.9 Å². The maximum atomic E-state index is 5.90. The largest absolute Gasteiger partial charge is 0.379 e. The third kappa shape index (κ3) is 3.26. The molecule has 0 radical (unpaired) electrons. The number of methoxy groups -OCH3 is 1. The Morgan fingerprint density at radius 3 is 2.70 bits per heavy atom. The number of likely N-dealkylation sites (N-methyl/N-ethyl adjacent to an activating group) is 1. The van der Waals surface area contributed by atoms with E-state index in [1.165, 1.54) is 37.8 Å². The first-order chi connectivity index (χ1) is 9.72. The molecular formula is C15H26BrN3O. The highest BCUT2D eigenvalue weighted by molar-refractivity contribution is 9.10. The van der Waals surface area contributed by atoms with Gasteiger partial charge in [-0.3, -0.25) is 4.68 Å². The lowest BCUT2D eigenvalue weighted by Crippen LogP contribution is -2.39. The second-order valence-electron chi connectivity index (χ2n) is 5.56. The first kappa shape index (κ1) is 16.0. The topological polar surface area (TPSA) is 39.1 Å². The predicted octanol–water partition coefficient (Wildman–Crippen LogP) is 3.52.